The Kier molecular flexibility index (Phi) is 4.85. The largest absolute Gasteiger partial charge is 0.417 e. The van der Waals surface area contributed by atoms with Gasteiger partial charge in [-0.15, -0.1) is 0 Å². The maximum atomic E-state index is 13.7. The van der Waals surface area contributed by atoms with Gasteiger partial charge in [0.25, 0.3) is 5.56 Å². The van der Waals surface area contributed by atoms with Crippen molar-refractivity contribution < 1.29 is 13.2 Å². The highest BCUT2D eigenvalue weighted by Gasteiger charge is 2.34. The monoisotopic (exact) mass is 450 g/mol. The van der Waals surface area contributed by atoms with Crippen molar-refractivity contribution in [2.45, 2.75) is 19.1 Å². The number of para-hydroxylation sites is 1. The minimum absolute atomic E-state index is 0.208. The third-order valence-electron chi connectivity index (χ3n) is 5.41. The number of benzene rings is 2. The lowest BCUT2D eigenvalue weighted by Gasteiger charge is -2.22. The number of nitrogens with zero attached hydrogens (tertiary/aromatic N) is 4. The van der Waals surface area contributed by atoms with Crippen LogP contribution in [0.1, 0.15) is 24.2 Å². The quantitative estimate of drug-likeness (QED) is 0.409. The normalized spacial score (nSPS) is 12.8. The minimum Gasteiger partial charge on any atom is -0.360 e. The van der Waals surface area contributed by atoms with E-state index in [-0.39, 0.29) is 10.8 Å². The predicted octanol–water partition coefficient (Wildman–Crippen LogP) is 4.85. The molecule has 10 heteroatoms. The Morgan fingerprint density at radius 2 is 1.82 bits per heavy atom. The van der Waals surface area contributed by atoms with Crippen LogP contribution >= 0.6 is 0 Å². The molecule has 0 radical (unpaired) electrons. The number of hydrogen-bond acceptors (Lipinski definition) is 5. The SMILES string of the molecule is CC(Nc1ncnc2nc[nH]c12)c1cc2cccc(C(F)(F)F)c2c(=O)n1-c1ccccc1. The number of aromatic nitrogens is 5. The van der Waals surface area contributed by atoms with Gasteiger partial charge in [-0.25, -0.2) is 15.0 Å². The number of alkyl halides is 3. The number of pyridine rings is 1. The number of anilines is 1. The molecule has 33 heavy (non-hydrogen) atoms. The van der Waals surface area contributed by atoms with E-state index in [1.807, 2.05) is 0 Å². The van der Waals surface area contributed by atoms with E-state index in [1.165, 1.54) is 29.4 Å². The number of halogens is 3. The molecule has 0 amide bonds. The smallest absolute Gasteiger partial charge is 0.360 e. The van der Waals surface area contributed by atoms with Crippen LogP contribution in [-0.2, 0) is 6.18 Å². The fraction of sp³-hybridized carbons (Fsp3) is 0.130. The van der Waals surface area contributed by atoms with Crippen LogP contribution in [0.2, 0.25) is 0 Å². The number of imidazole rings is 1. The summed E-state index contributed by atoms with van der Waals surface area (Å²) in [5.41, 5.74) is 0.275. The van der Waals surface area contributed by atoms with Gasteiger partial charge >= 0.3 is 6.18 Å². The minimum atomic E-state index is -4.66. The zero-order chi connectivity index (χ0) is 23.2. The van der Waals surface area contributed by atoms with Gasteiger partial charge in [0.1, 0.15) is 11.8 Å². The summed E-state index contributed by atoms with van der Waals surface area (Å²) in [5, 5.41) is 3.07. The molecule has 0 aliphatic heterocycles. The summed E-state index contributed by atoms with van der Waals surface area (Å²) in [5.74, 6) is 0.459. The number of aromatic amines is 1. The standard InChI is InChI=1S/C23H17F3N6O/c1-13(31-21-19-20(28-11-27-19)29-12-30-21)17-10-14-6-5-9-16(23(24,25)26)18(14)22(33)32(17)15-7-3-2-4-8-15/h2-13H,1H3,(H2,27,28,29,30,31). The highest BCUT2D eigenvalue weighted by Crippen LogP contribution is 2.34. The van der Waals surface area contributed by atoms with E-state index < -0.39 is 23.3 Å². The average Bonchev–Trinajstić information content (AvgIpc) is 3.28. The number of rotatable bonds is 4. The summed E-state index contributed by atoms with van der Waals surface area (Å²) < 4.78 is 42.4. The van der Waals surface area contributed by atoms with Crippen LogP contribution in [0.25, 0.3) is 27.6 Å². The van der Waals surface area contributed by atoms with Crippen molar-refractivity contribution in [3.8, 4) is 5.69 Å². The van der Waals surface area contributed by atoms with Gasteiger partial charge in [-0.2, -0.15) is 13.2 Å². The second kappa shape index (κ2) is 7.73. The Balaban J connectivity index is 1.74. The number of H-pyrrole nitrogens is 1. The molecular formula is C23H17F3N6O. The van der Waals surface area contributed by atoms with E-state index in [2.05, 4.69) is 25.3 Å². The van der Waals surface area contributed by atoms with Crippen molar-refractivity contribution in [1.29, 1.82) is 0 Å². The van der Waals surface area contributed by atoms with Crippen LogP contribution in [0.5, 0.6) is 0 Å². The molecule has 5 rings (SSSR count). The lowest BCUT2D eigenvalue weighted by molar-refractivity contribution is -0.136. The van der Waals surface area contributed by atoms with Gasteiger partial charge in [0.05, 0.1) is 23.3 Å². The summed E-state index contributed by atoms with van der Waals surface area (Å²) in [6.45, 7) is 1.80. The zero-order valence-corrected chi connectivity index (χ0v) is 17.3. The highest BCUT2D eigenvalue weighted by molar-refractivity contribution is 5.87. The maximum absolute atomic E-state index is 13.7. The molecule has 2 N–H and O–H groups in total. The van der Waals surface area contributed by atoms with Crippen LogP contribution in [0, 0.1) is 0 Å². The molecule has 166 valence electrons. The Labute approximate surface area is 185 Å². The first kappa shape index (κ1) is 20.7. The molecule has 0 saturated heterocycles. The second-order valence-corrected chi connectivity index (χ2v) is 7.50. The van der Waals surface area contributed by atoms with Gasteiger partial charge in [-0.3, -0.25) is 9.36 Å². The predicted molar refractivity (Wildman–Crippen MR) is 118 cm³/mol. The van der Waals surface area contributed by atoms with Crippen molar-refractivity contribution in [1.82, 2.24) is 24.5 Å². The Bertz CT molecular complexity index is 1520. The number of nitrogens with one attached hydrogen (secondary N) is 2. The first-order valence-corrected chi connectivity index (χ1v) is 10.1. The van der Waals surface area contributed by atoms with Gasteiger partial charge in [-0.1, -0.05) is 30.3 Å². The lowest BCUT2D eigenvalue weighted by atomic mass is 10.0. The van der Waals surface area contributed by atoms with E-state index in [0.29, 0.717) is 28.4 Å². The van der Waals surface area contributed by atoms with Gasteiger partial charge < -0.3 is 10.3 Å². The Hall–Kier alpha value is -4.21. The molecule has 5 aromatic rings. The summed E-state index contributed by atoms with van der Waals surface area (Å²) >= 11 is 0. The first-order chi connectivity index (χ1) is 15.8. The fourth-order valence-electron chi connectivity index (χ4n) is 3.93. The van der Waals surface area contributed by atoms with Crippen LogP contribution < -0.4 is 10.9 Å². The van der Waals surface area contributed by atoms with E-state index in [0.717, 1.165) is 6.07 Å². The molecule has 0 saturated carbocycles. The van der Waals surface area contributed by atoms with Gasteiger partial charge in [-0.05, 0) is 36.6 Å². The van der Waals surface area contributed by atoms with Crippen molar-refractivity contribution in [3.05, 3.63) is 88.9 Å². The maximum Gasteiger partial charge on any atom is 0.417 e. The van der Waals surface area contributed by atoms with E-state index >= 15 is 0 Å². The van der Waals surface area contributed by atoms with Crippen molar-refractivity contribution >= 4 is 27.8 Å². The summed E-state index contributed by atoms with van der Waals surface area (Å²) in [4.78, 5) is 28.9. The molecule has 0 aliphatic rings. The topological polar surface area (TPSA) is 88.5 Å². The second-order valence-electron chi connectivity index (χ2n) is 7.50. The summed E-state index contributed by atoms with van der Waals surface area (Å²) in [6, 6.07) is 13.4. The molecule has 0 spiro atoms. The van der Waals surface area contributed by atoms with E-state index in [9.17, 15) is 18.0 Å². The molecule has 7 nitrogen and oxygen atoms in total. The van der Waals surface area contributed by atoms with Gasteiger partial charge in [0.2, 0.25) is 0 Å². The average molecular weight is 450 g/mol. The third kappa shape index (κ3) is 3.59. The highest BCUT2D eigenvalue weighted by atomic mass is 19.4. The Morgan fingerprint density at radius 3 is 2.58 bits per heavy atom. The van der Waals surface area contributed by atoms with Crippen LogP contribution in [0.15, 0.2) is 72.0 Å². The van der Waals surface area contributed by atoms with E-state index in [1.54, 1.807) is 43.3 Å². The lowest BCUT2D eigenvalue weighted by Crippen LogP contribution is -2.27. The first-order valence-electron chi connectivity index (χ1n) is 10.1. The molecular weight excluding hydrogens is 433 g/mol. The molecule has 3 aromatic heterocycles. The van der Waals surface area contributed by atoms with Crippen LogP contribution in [0.4, 0.5) is 19.0 Å². The molecule has 0 fully saturated rings. The van der Waals surface area contributed by atoms with Crippen molar-refractivity contribution in [3.63, 3.8) is 0 Å². The molecule has 2 aromatic carbocycles. The molecule has 3 heterocycles. The van der Waals surface area contributed by atoms with E-state index in [4.69, 9.17) is 0 Å². The third-order valence-corrected chi connectivity index (χ3v) is 5.41. The summed E-state index contributed by atoms with van der Waals surface area (Å²) in [7, 11) is 0. The molecule has 0 bridgehead atoms. The van der Waals surface area contributed by atoms with Crippen molar-refractivity contribution in [2.24, 2.45) is 0 Å². The van der Waals surface area contributed by atoms with Crippen LogP contribution in [-0.4, -0.2) is 24.5 Å². The molecule has 0 aliphatic carbocycles. The van der Waals surface area contributed by atoms with Gasteiger partial charge in [0.15, 0.2) is 11.5 Å². The molecule has 1 unspecified atom stereocenters. The number of hydrogen-bond donors (Lipinski definition) is 2. The number of fused-ring (bicyclic) bond motifs is 2. The Morgan fingerprint density at radius 1 is 1.03 bits per heavy atom. The fourth-order valence-corrected chi connectivity index (χ4v) is 3.93. The van der Waals surface area contributed by atoms with Crippen LogP contribution in [0.3, 0.4) is 0 Å². The van der Waals surface area contributed by atoms with Gasteiger partial charge in [0, 0.05) is 11.4 Å². The summed E-state index contributed by atoms with van der Waals surface area (Å²) in [6.07, 6.45) is -1.81. The zero-order valence-electron chi connectivity index (χ0n) is 17.3. The molecule has 1 atom stereocenters. The van der Waals surface area contributed by atoms with Crippen molar-refractivity contribution in [2.75, 3.05) is 5.32 Å².